The lowest BCUT2D eigenvalue weighted by atomic mass is 10.2. The highest BCUT2D eigenvalue weighted by Gasteiger charge is 2.13. The molecule has 1 aromatic carbocycles. The van der Waals surface area contributed by atoms with Gasteiger partial charge < -0.3 is 9.47 Å². The minimum atomic E-state index is -0.537. The second-order valence-electron chi connectivity index (χ2n) is 2.47. The van der Waals surface area contributed by atoms with Crippen molar-refractivity contribution in [2.75, 3.05) is 14.2 Å². The second-order valence-corrected chi connectivity index (χ2v) is 3.32. The molecule has 72 valence electrons. The van der Waals surface area contributed by atoms with Crippen LogP contribution in [0.25, 0.3) is 0 Å². The molecule has 0 saturated heterocycles. The van der Waals surface area contributed by atoms with E-state index in [4.69, 9.17) is 9.47 Å². The first kappa shape index (κ1) is 10.6. The molecule has 0 aliphatic heterocycles. The molecule has 0 spiro atoms. The van der Waals surface area contributed by atoms with Crippen LogP contribution >= 0.6 is 15.9 Å². The number of ether oxygens (including phenoxy) is 2. The maximum atomic E-state index is 12.8. The molecule has 0 aromatic heterocycles. The molecule has 1 rings (SSSR count). The zero-order chi connectivity index (χ0) is 9.84. The maximum Gasteiger partial charge on any atom is 0.184 e. The standard InChI is InChI=1S/C9H10BrFO2/c1-12-9(13-2)7-5-6(11)3-4-8(7)10/h3-5,9H,1-2H3. The number of methoxy groups -OCH3 is 2. The topological polar surface area (TPSA) is 18.5 Å². The van der Waals surface area contributed by atoms with Gasteiger partial charge >= 0.3 is 0 Å². The van der Waals surface area contributed by atoms with Crippen LogP contribution in [0.1, 0.15) is 11.9 Å². The predicted octanol–water partition coefficient (Wildman–Crippen LogP) is 2.88. The molecule has 4 heteroatoms. The Morgan fingerprint density at radius 1 is 1.31 bits per heavy atom. The molecule has 0 atom stereocenters. The van der Waals surface area contributed by atoms with Gasteiger partial charge in [0.2, 0.25) is 0 Å². The van der Waals surface area contributed by atoms with Gasteiger partial charge in [0.1, 0.15) is 5.82 Å². The number of halogens is 2. The normalized spacial score (nSPS) is 10.8. The van der Waals surface area contributed by atoms with Gasteiger partial charge in [0.15, 0.2) is 6.29 Å². The SMILES string of the molecule is COC(OC)c1cc(F)ccc1Br. The number of hydrogen-bond acceptors (Lipinski definition) is 2. The van der Waals surface area contributed by atoms with E-state index in [0.717, 1.165) is 4.47 Å². The largest absolute Gasteiger partial charge is 0.352 e. The molecule has 0 N–H and O–H groups in total. The van der Waals surface area contributed by atoms with E-state index in [9.17, 15) is 4.39 Å². The molecule has 0 radical (unpaired) electrons. The van der Waals surface area contributed by atoms with Crippen LogP contribution in [0.3, 0.4) is 0 Å². The van der Waals surface area contributed by atoms with Gasteiger partial charge in [-0.3, -0.25) is 0 Å². The van der Waals surface area contributed by atoms with Gasteiger partial charge in [-0.05, 0) is 18.2 Å². The maximum absolute atomic E-state index is 12.8. The molecular formula is C9H10BrFO2. The van der Waals surface area contributed by atoms with Crippen LogP contribution in [0.2, 0.25) is 0 Å². The first-order chi connectivity index (χ1) is 6.19. The summed E-state index contributed by atoms with van der Waals surface area (Å²) in [5.41, 5.74) is 0.644. The Labute approximate surface area is 84.8 Å². The van der Waals surface area contributed by atoms with E-state index < -0.39 is 6.29 Å². The van der Waals surface area contributed by atoms with Crippen LogP contribution in [0, 0.1) is 5.82 Å². The van der Waals surface area contributed by atoms with Crippen molar-refractivity contribution in [1.82, 2.24) is 0 Å². The van der Waals surface area contributed by atoms with Crippen molar-refractivity contribution < 1.29 is 13.9 Å². The lowest BCUT2D eigenvalue weighted by Gasteiger charge is -2.14. The summed E-state index contributed by atoms with van der Waals surface area (Å²) < 4.78 is 23.6. The molecule has 0 heterocycles. The third-order valence-corrected chi connectivity index (χ3v) is 2.36. The van der Waals surface area contributed by atoms with E-state index in [1.165, 1.54) is 26.4 Å². The summed E-state index contributed by atoms with van der Waals surface area (Å²) in [6, 6.07) is 4.37. The molecule has 0 aliphatic carbocycles. The second kappa shape index (κ2) is 4.69. The Hall–Kier alpha value is -0.450. The summed E-state index contributed by atoms with van der Waals surface area (Å²) in [4.78, 5) is 0. The monoisotopic (exact) mass is 248 g/mol. The average Bonchev–Trinajstić information content (AvgIpc) is 2.13. The van der Waals surface area contributed by atoms with E-state index in [2.05, 4.69) is 15.9 Å². The third-order valence-electron chi connectivity index (χ3n) is 1.64. The van der Waals surface area contributed by atoms with Gasteiger partial charge in [0, 0.05) is 24.3 Å². The molecular weight excluding hydrogens is 239 g/mol. The molecule has 0 aliphatic rings. The van der Waals surface area contributed by atoms with Crippen LogP contribution in [0.15, 0.2) is 22.7 Å². The van der Waals surface area contributed by atoms with Crippen molar-refractivity contribution in [3.8, 4) is 0 Å². The van der Waals surface area contributed by atoms with Crippen LogP contribution in [-0.2, 0) is 9.47 Å². The van der Waals surface area contributed by atoms with Crippen molar-refractivity contribution >= 4 is 15.9 Å². The molecule has 0 unspecified atom stereocenters. The summed E-state index contributed by atoms with van der Waals surface area (Å²) in [6.45, 7) is 0. The highest BCUT2D eigenvalue weighted by Crippen LogP contribution is 2.26. The van der Waals surface area contributed by atoms with E-state index in [-0.39, 0.29) is 5.82 Å². The summed E-state index contributed by atoms with van der Waals surface area (Å²) in [6.07, 6.45) is -0.537. The minimum absolute atomic E-state index is 0.308. The molecule has 1 aromatic rings. The van der Waals surface area contributed by atoms with Crippen LogP contribution < -0.4 is 0 Å². The van der Waals surface area contributed by atoms with Gasteiger partial charge in [-0.25, -0.2) is 4.39 Å². The Morgan fingerprint density at radius 2 is 1.92 bits per heavy atom. The number of benzene rings is 1. The summed E-state index contributed by atoms with van der Waals surface area (Å²) in [7, 11) is 3.01. The average molecular weight is 249 g/mol. The van der Waals surface area contributed by atoms with Crippen molar-refractivity contribution in [3.05, 3.63) is 34.1 Å². The van der Waals surface area contributed by atoms with Gasteiger partial charge in [0.05, 0.1) is 0 Å². The Kier molecular flexibility index (Phi) is 3.84. The van der Waals surface area contributed by atoms with Gasteiger partial charge in [0.25, 0.3) is 0 Å². The zero-order valence-electron chi connectivity index (χ0n) is 7.38. The molecule has 2 nitrogen and oxygen atoms in total. The number of rotatable bonds is 3. The van der Waals surface area contributed by atoms with Crippen molar-refractivity contribution in [2.24, 2.45) is 0 Å². The Bertz CT molecular complexity index is 287. The first-order valence-electron chi connectivity index (χ1n) is 3.69. The Balaban J connectivity index is 3.03. The van der Waals surface area contributed by atoms with Gasteiger partial charge in [-0.1, -0.05) is 15.9 Å². The lowest BCUT2D eigenvalue weighted by Crippen LogP contribution is -2.04. The van der Waals surface area contributed by atoms with E-state index in [1.807, 2.05) is 0 Å². The molecule has 0 amide bonds. The first-order valence-corrected chi connectivity index (χ1v) is 4.49. The smallest absolute Gasteiger partial charge is 0.184 e. The summed E-state index contributed by atoms with van der Waals surface area (Å²) in [5, 5.41) is 0. The van der Waals surface area contributed by atoms with Crippen molar-refractivity contribution in [2.45, 2.75) is 6.29 Å². The highest BCUT2D eigenvalue weighted by molar-refractivity contribution is 9.10. The molecule has 0 bridgehead atoms. The fourth-order valence-electron chi connectivity index (χ4n) is 1.05. The molecule has 0 saturated carbocycles. The predicted molar refractivity (Wildman–Crippen MR) is 50.9 cm³/mol. The fourth-order valence-corrected chi connectivity index (χ4v) is 1.48. The third kappa shape index (κ3) is 2.49. The van der Waals surface area contributed by atoms with E-state index in [0.29, 0.717) is 5.56 Å². The quantitative estimate of drug-likeness (QED) is 0.767. The van der Waals surface area contributed by atoms with E-state index in [1.54, 1.807) is 6.07 Å². The van der Waals surface area contributed by atoms with E-state index >= 15 is 0 Å². The minimum Gasteiger partial charge on any atom is -0.352 e. The van der Waals surface area contributed by atoms with Crippen LogP contribution in [-0.4, -0.2) is 14.2 Å². The highest BCUT2D eigenvalue weighted by atomic mass is 79.9. The fraction of sp³-hybridized carbons (Fsp3) is 0.333. The van der Waals surface area contributed by atoms with Gasteiger partial charge in [-0.15, -0.1) is 0 Å². The lowest BCUT2D eigenvalue weighted by molar-refractivity contribution is -0.106. The molecule has 0 fully saturated rings. The summed E-state index contributed by atoms with van der Waals surface area (Å²) >= 11 is 3.29. The number of hydrogen-bond donors (Lipinski definition) is 0. The van der Waals surface area contributed by atoms with Crippen molar-refractivity contribution in [3.63, 3.8) is 0 Å². The van der Waals surface area contributed by atoms with Crippen LogP contribution in [0.5, 0.6) is 0 Å². The Morgan fingerprint density at radius 3 is 2.46 bits per heavy atom. The molecule has 13 heavy (non-hydrogen) atoms. The van der Waals surface area contributed by atoms with Crippen molar-refractivity contribution in [1.29, 1.82) is 0 Å². The van der Waals surface area contributed by atoms with Crippen LogP contribution in [0.4, 0.5) is 4.39 Å². The van der Waals surface area contributed by atoms with Gasteiger partial charge in [-0.2, -0.15) is 0 Å². The zero-order valence-corrected chi connectivity index (χ0v) is 8.97. The summed E-state index contributed by atoms with van der Waals surface area (Å²) in [5.74, 6) is -0.308.